The molecule has 1 N–H and O–H groups in total. The van der Waals surface area contributed by atoms with Gasteiger partial charge in [0, 0.05) is 39.3 Å². The van der Waals surface area contributed by atoms with E-state index in [1.165, 1.54) is 19.3 Å². The smallest absolute Gasteiger partial charge is 0.222 e. The Morgan fingerprint density at radius 2 is 1.95 bits per heavy atom. The Hall–Kier alpha value is -0.610. The first kappa shape index (κ1) is 14.3. The number of nitrogens with zero attached hydrogens (tertiary/aromatic N) is 1. The molecular weight excluding hydrogens is 252 g/mol. The topological polar surface area (TPSA) is 41.6 Å². The predicted molar refractivity (Wildman–Crippen MR) is 78.5 cm³/mol. The number of hydrogen-bond acceptors (Lipinski definition) is 3. The lowest BCUT2D eigenvalue weighted by molar-refractivity contribution is -0.133. The molecule has 114 valence electrons. The maximum absolute atomic E-state index is 12.3. The van der Waals surface area contributed by atoms with Crippen LogP contribution in [0.2, 0.25) is 0 Å². The quantitative estimate of drug-likeness (QED) is 0.857. The molecule has 4 heteroatoms. The second-order valence-electron chi connectivity index (χ2n) is 6.90. The van der Waals surface area contributed by atoms with Crippen LogP contribution in [-0.2, 0) is 9.53 Å². The fourth-order valence-electron chi connectivity index (χ4n) is 3.97. The van der Waals surface area contributed by atoms with Gasteiger partial charge in [0.05, 0.1) is 0 Å². The average Bonchev–Trinajstić information content (AvgIpc) is 2.95. The lowest BCUT2D eigenvalue weighted by Gasteiger charge is -2.39. The molecule has 0 atom stereocenters. The highest BCUT2D eigenvalue weighted by atomic mass is 16.5. The van der Waals surface area contributed by atoms with Crippen molar-refractivity contribution >= 4 is 5.91 Å². The molecule has 0 bridgehead atoms. The van der Waals surface area contributed by atoms with Gasteiger partial charge in [-0.3, -0.25) is 4.79 Å². The third kappa shape index (κ3) is 3.34. The molecule has 4 nitrogen and oxygen atoms in total. The Labute approximate surface area is 122 Å². The first-order chi connectivity index (χ1) is 9.77. The van der Waals surface area contributed by atoms with Crippen LogP contribution in [0.25, 0.3) is 0 Å². The van der Waals surface area contributed by atoms with Crippen molar-refractivity contribution < 1.29 is 9.53 Å². The number of ether oxygens (including phenoxy) is 1. The lowest BCUT2D eigenvalue weighted by atomic mass is 9.78. The molecule has 0 unspecified atom stereocenters. The van der Waals surface area contributed by atoms with Gasteiger partial charge < -0.3 is 15.0 Å². The standard InChI is InChI=1S/C16H28N2O2/c19-15(2-1-14-3-11-20-12-4-14)18-9-6-16(7-10-18)5-8-17-13-16/h14,17H,1-13H2. The maximum Gasteiger partial charge on any atom is 0.222 e. The first-order valence-electron chi connectivity index (χ1n) is 8.34. The third-order valence-corrected chi connectivity index (χ3v) is 5.62. The third-order valence-electron chi connectivity index (χ3n) is 5.62. The van der Waals surface area contributed by atoms with Crippen LogP contribution in [0.4, 0.5) is 0 Å². The summed E-state index contributed by atoms with van der Waals surface area (Å²) in [6, 6.07) is 0. The monoisotopic (exact) mass is 280 g/mol. The molecule has 1 spiro atoms. The van der Waals surface area contributed by atoms with Gasteiger partial charge in [-0.15, -0.1) is 0 Å². The zero-order chi connectivity index (χ0) is 13.8. The number of piperidine rings is 1. The summed E-state index contributed by atoms with van der Waals surface area (Å²) in [4.78, 5) is 14.4. The van der Waals surface area contributed by atoms with Gasteiger partial charge in [-0.2, -0.15) is 0 Å². The molecule has 3 heterocycles. The van der Waals surface area contributed by atoms with E-state index >= 15 is 0 Å². The summed E-state index contributed by atoms with van der Waals surface area (Å²) in [5.74, 6) is 1.10. The van der Waals surface area contributed by atoms with Gasteiger partial charge in [-0.1, -0.05) is 0 Å². The number of carbonyl (C=O) groups excluding carboxylic acids is 1. The van der Waals surface area contributed by atoms with E-state index in [1.807, 2.05) is 0 Å². The number of hydrogen-bond donors (Lipinski definition) is 1. The molecule has 3 rings (SSSR count). The largest absolute Gasteiger partial charge is 0.381 e. The minimum absolute atomic E-state index is 0.386. The molecule has 3 aliphatic heterocycles. The molecule has 0 radical (unpaired) electrons. The van der Waals surface area contributed by atoms with Gasteiger partial charge in [0.1, 0.15) is 0 Å². The lowest BCUT2D eigenvalue weighted by Crippen LogP contribution is -2.44. The van der Waals surface area contributed by atoms with Gasteiger partial charge in [0.15, 0.2) is 0 Å². The SMILES string of the molecule is O=C(CCC1CCOCC1)N1CCC2(CCNC2)CC1. The molecular formula is C16H28N2O2. The molecule has 20 heavy (non-hydrogen) atoms. The van der Waals surface area contributed by atoms with Crippen molar-refractivity contribution in [3.05, 3.63) is 0 Å². The van der Waals surface area contributed by atoms with Crippen LogP contribution >= 0.6 is 0 Å². The summed E-state index contributed by atoms with van der Waals surface area (Å²) in [6.45, 7) is 6.06. The summed E-state index contributed by atoms with van der Waals surface area (Å²) in [5, 5.41) is 3.48. The second kappa shape index (κ2) is 6.44. The van der Waals surface area contributed by atoms with E-state index < -0.39 is 0 Å². The summed E-state index contributed by atoms with van der Waals surface area (Å²) in [7, 11) is 0. The van der Waals surface area contributed by atoms with Crippen molar-refractivity contribution in [1.29, 1.82) is 0 Å². The maximum atomic E-state index is 12.3. The molecule has 1 amide bonds. The number of amides is 1. The Morgan fingerprint density at radius 1 is 1.20 bits per heavy atom. The highest BCUT2D eigenvalue weighted by Gasteiger charge is 2.37. The fraction of sp³-hybridized carbons (Fsp3) is 0.938. The molecule has 3 fully saturated rings. The first-order valence-corrected chi connectivity index (χ1v) is 8.34. The van der Waals surface area contributed by atoms with Crippen LogP contribution in [-0.4, -0.2) is 50.2 Å². The Balaban J connectivity index is 1.39. The van der Waals surface area contributed by atoms with Crippen molar-refractivity contribution in [2.24, 2.45) is 11.3 Å². The van der Waals surface area contributed by atoms with Crippen LogP contribution in [0, 0.1) is 11.3 Å². The number of nitrogens with one attached hydrogen (secondary N) is 1. The average molecular weight is 280 g/mol. The molecule has 0 aromatic heterocycles. The molecule has 0 aromatic rings. The summed E-state index contributed by atoms with van der Waals surface area (Å²) in [5.41, 5.74) is 0.511. The minimum atomic E-state index is 0.386. The number of rotatable bonds is 3. The van der Waals surface area contributed by atoms with Crippen LogP contribution in [0.15, 0.2) is 0 Å². The normalized spacial score (nSPS) is 27.1. The van der Waals surface area contributed by atoms with E-state index in [1.54, 1.807) is 0 Å². The van der Waals surface area contributed by atoms with Crippen molar-refractivity contribution in [3.63, 3.8) is 0 Å². The van der Waals surface area contributed by atoms with Gasteiger partial charge in [-0.25, -0.2) is 0 Å². The second-order valence-corrected chi connectivity index (χ2v) is 6.90. The molecule has 0 aliphatic carbocycles. The molecule has 0 aromatic carbocycles. The zero-order valence-electron chi connectivity index (χ0n) is 12.5. The van der Waals surface area contributed by atoms with Crippen molar-refractivity contribution in [2.45, 2.75) is 44.9 Å². The van der Waals surface area contributed by atoms with Gasteiger partial charge in [0.2, 0.25) is 5.91 Å². The van der Waals surface area contributed by atoms with E-state index in [4.69, 9.17) is 4.74 Å². The van der Waals surface area contributed by atoms with E-state index in [9.17, 15) is 4.79 Å². The highest BCUT2D eigenvalue weighted by Crippen LogP contribution is 2.37. The fourth-order valence-corrected chi connectivity index (χ4v) is 3.97. The Morgan fingerprint density at radius 3 is 2.60 bits per heavy atom. The van der Waals surface area contributed by atoms with Crippen LogP contribution in [0.5, 0.6) is 0 Å². The number of likely N-dealkylation sites (tertiary alicyclic amines) is 1. The van der Waals surface area contributed by atoms with Crippen molar-refractivity contribution in [2.75, 3.05) is 39.4 Å². The minimum Gasteiger partial charge on any atom is -0.381 e. The van der Waals surface area contributed by atoms with Gasteiger partial charge >= 0.3 is 0 Å². The molecule has 3 aliphatic rings. The van der Waals surface area contributed by atoms with Crippen LogP contribution in [0.1, 0.15) is 44.9 Å². The Bertz CT molecular complexity index is 323. The van der Waals surface area contributed by atoms with Gasteiger partial charge in [-0.05, 0) is 56.4 Å². The van der Waals surface area contributed by atoms with Crippen molar-refractivity contribution in [3.8, 4) is 0 Å². The molecule has 3 saturated heterocycles. The molecule has 0 saturated carbocycles. The van der Waals surface area contributed by atoms with E-state index in [0.717, 1.165) is 65.1 Å². The summed E-state index contributed by atoms with van der Waals surface area (Å²) >= 11 is 0. The van der Waals surface area contributed by atoms with Crippen molar-refractivity contribution in [1.82, 2.24) is 10.2 Å². The highest BCUT2D eigenvalue weighted by molar-refractivity contribution is 5.76. The van der Waals surface area contributed by atoms with Gasteiger partial charge in [0.25, 0.3) is 0 Å². The number of carbonyl (C=O) groups is 1. The summed E-state index contributed by atoms with van der Waals surface area (Å²) < 4.78 is 5.38. The van der Waals surface area contributed by atoms with Crippen LogP contribution < -0.4 is 5.32 Å². The zero-order valence-corrected chi connectivity index (χ0v) is 12.5. The summed E-state index contributed by atoms with van der Waals surface area (Å²) in [6.07, 6.45) is 7.79. The van der Waals surface area contributed by atoms with E-state index in [-0.39, 0.29) is 0 Å². The van der Waals surface area contributed by atoms with E-state index in [2.05, 4.69) is 10.2 Å². The Kier molecular flexibility index (Phi) is 4.61. The van der Waals surface area contributed by atoms with E-state index in [0.29, 0.717) is 17.2 Å². The van der Waals surface area contributed by atoms with Crippen LogP contribution in [0.3, 0.4) is 0 Å². The predicted octanol–water partition coefficient (Wildman–Crippen LogP) is 1.80.